The van der Waals surface area contributed by atoms with Gasteiger partial charge in [0, 0.05) is 18.7 Å². The molecule has 0 atom stereocenters. The van der Waals surface area contributed by atoms with Gasteiger partial charge >= 0.3 is 0 Å². The Hall–Kier alpha value is -1.25. The van der Waals surface area contributed by atoms with Gasteiger partial charge in [-0.15, -0.1) is 0 Å². The van der Waals surface area contributed by atoms with Gasteiger partial charge in [-0.05, 0) is 25.8 Å². The molecule has 0 N–H and O–H groups in total. The molecule has 1 aromatic rings. The van der Waals surface area contributed by atoms with Gasteiger partial charge in [0.2, 0.25) is 0 Å². The van der Waals surface area contributed by atoms with Gasteiger partial charge in [0.1, 0.15) is 0 Å². The van der Waals surface area contributed by atoms with E-state index in [1.54, 1.807) is 6.26 Å². The molecule has 0 bridgehead atoms. The molecule has 3 heteroatoms. The monoisotopic (exact) mass is 179 g/mol. The second kappa shape index (κ2) is 3.24. The molecule has 1 aliphatic heterocycles. The highest BCUT2D eigenvalue weighted by Crippen LogP contribution is 2.16. The summed E-state index contributed by atoms with van der Waals surface area (Å²) in [5.74, 6) is 0.543. The second-order valence-electron chi connectivity index (χ2n) is 3.43. The number of hydrogen-bond acceptors (Lipinski definition) is 2. The number of amides is 1. The quantitative estimate of drug-likeness (QED) is 0.659. The van der Waals surface area contributed by atoms with Gasteiger partial charge in [-0.2, -0.15) is 0 Å². The van der Waals surface area contributed by atoms with Gasteiger partial charge in [0.25, 0.3) is 5.91 Å². The van der Waals surface area contributed by atoms with E-state index in [1.807, 2.05) is 17.9 Å². The van der Waals surface area contributed by atoms with Crippen molar-refractivity contribution < 1.29 is 9.21 Å². The average Bonchev–Trinajstić information content (AvgIpc) is 2.72. The number of nitrogens with zero attached hydrogens (tertiary/aromatic N) is 1. The van der Waals surface area contributed by atoms with Gasteiger partial charge in [0.15, 0.2) is 5.76 Å². The van der Waals surface area contributed by atoms with Crippen molar-refractivity contribution in [1.82, 2.24) is 4.90 Å². The highest BCUT2D eigenvalue weighted by Gasteiger charge is 2.22. The molecule has 2 heterocycles. The first-order valence-electron chi connectivity index (χ1n) is 4.62. The maximum absolute atomic E-state index is 11.8. The van der Waals surface area contributed by atoms with Crippen molar-refractivity contribution in [3.05, 3.63) is 23.7 Å². The van der Waals surface area contributed by atoms with Gasteiger partial charge in [0.05, 0.1) is 6.26 Å². The number of furan rings is 1. The molecule has 0 aromatic carbocycles. The van der Waals surface area contributed by atoms with Crippen LogP contribution in [0.2, 0.25) is 0 Å². The first-order chi connectivity index (χ1) is 6.29. The third kappa shape index (κ3) is 1.46. The Labute approximate surface area is 77.3 Å². The summed E-state index contributed by atoms with van der Waals surface area (Å²) in [7, 11) is 0. The minimum Gasteiger partial charge on any atom is -0.459 e. The van der Waals surface area contributed by atoms with Gasteiger partial charge < -0.3 is 9.32 Å². The lowest BCUT2D eigenvalue weighted by Gasteiger charge is -2.13. The fourth-order valence-corrected chi connectivity index (χ4v) is 1.66. The number of rotatable bonds is 1. The Morgan fingerprint density at radius 2 is 2.15 bits per heavy atom. The second-order valence-corrected chi connectivity index (χ2v) is 3.43. The first-order valence-corrected chi connectivity index (χ1v) is 4.62. The van der Waals surface area contributed by atoms with Crippen LogP contribution in [0.4, 0.5) is 0 Å². The maximum atomic E-state index is 11.8. The van der Waals surface area contributed by atoms with Crippen molar-refractivity contribution in [2.45, 2.75) is 19.8 Å². The fraction of sp³-hybridized carbons (Fsp3) is 0.500. The van der Waals surface area contributed by atoms with Gasteiger partial charge in [-0.25, -0.2) is 0 Å². The smallest absolute Gasteiger partial charge is 0.289 e. The van der Waals surface area contributed by atoms with Crippen molar-refractivity contribution in [2.24, 2.45) is 0 Å². The summed E-state index contributed by atoms with van der Waals surface area (Å²) in [6.07, 6.45) is 3.80. The summed E-state index contributed by atoms with van der Waals surface area (Å²) < 4.78 is 5.15. The lowest BCUT2D eigenvalue weighted by Crippen LogP contribution is -2.27. The zero-order chi connectivity index (χ0) is 9.26. The van der Waals surface area contributed by atoms with E-state index in [4.69, 9.17) is 4.42 Å². The van der Waals surface area contributed by atoms with Crippen LogP contribution in [-0.2, 0) is 0 Å². The molecule has 1 fully saturated rings. The Balaban J connectivity index is 2.17. The van der Waals surface area contributed by atoms with Crippen molar-refractivity contribution in [3.63, 3.8) is 0 Å². The lowest BCUT2D eigenvalue weighted by atomic mass is 10.2. The Kier molecular flexibility index (Phi) is 2.08. The molecule has 2 rings (SSSR count). The molecule has 0 aliphatic carbocycles. The average molecular weight is 179 g/mol. The molecule has 70 valence electrons. The van der Waals surface area contributed by atoms with Gasteiger partial charge in [-0.3, -0.25) is 4.79 Å². The predicted molar refractivity (Wildman–Crippen MR) is 48.6 cm³/mol. The van der Waals surface area contributed by atoms with E-state index in [1.165, 1.54) is 0 Å². The number of carbonyl (C=O) groups excluding carboxylic acids is 1. The Bertz CT molecular complexity index is 310. The lowest BCUT2D eigenvalue weighted by molar-refractivity contribution is 0.0760. The highest BCUT2D eigenvalue weighted by molar-refractivity contribution is 5.92. The summed E-state index contributed by atoms with van der Waals surface area (Å²) in [4.78, 5) is 13.6. The van der Waals surface area contributed by atoms with Crippen molar-refractivity contribution in [2.75, 3.05) is 13.1 Å². The molecular formula is C10H13NO2. The van der Waals surface area contributed by atoms with Crippen molar-refractivity contribution in [3.8, 4) is 0 Å². The van der Waals surface area contributed by atoms with Crippen LogP contribution in [0.5, 0.6) is 0 Å². The molecule has 1 aliphatic rings. The van der Waals surface area contributed by atoms with E-state index in [0.717, 1.165) is 31.5 Å². The molecule has 1 aromatic heterocycles. The first kappa shape index (κ1) is 8.35. The van der Waals surface area contributed by atoms with Crippen LogP contribution >= 0.6 is 0 Å². The zero-order valence-electron chi connectivity index (χ0n) is 7.75. The third-order valence-corrected chi connectivity index (χ3v) is 2.45. The van der Waals surface area contributed by atoms with Crippen molar-refractivity contribution in [1.29, 1.82) is 0 Å². The van der Waals surface area contributed by atoms with E-state index in [-0.39, 0.29) is 5.91 Å². The van der Waals surface area contributed by atoms with E-state index < -0.39 is 0 Å². The van der Waals surface area contributed by atoms with E-state index in [2.05, 4.69) is 0 Å². The van der Waals surface area contributed by atoms with Crippen LogP contribution in [-0.4, -0.2) is 23.9 Å². The SMILES string of the molecule is Cc1ccoc1C(=O)N1CCCC1. The minimum atomic E-state index is 0.0417. The van der Waals surface area contributed by atoms with Crippen LogP contribution in [0.1, 0.15) is 29.0 Å². The van der Waals surface area contributed by atoms with Crippen LogP contribution < -0.4 is 0 Å². The van der Waals surface area contributed by atoms with Crippen LogP contribution in [0, 0.1) is 6.92 Å². The number of carbonyl (C=O) groups is 1. The molecule has 1 saturated heterocycles. The van der Waals surface area contributed by atoms with E-state index in [0.29, 0.717) is 5.76 Å². The Morgan fingerprint density at radius 1 is 1.46 bits per heavy atom. The molecule has 1 amide bonds. The van der Waals surface area contributed by atoms with Crippen LogP contribution in [0.25, 0.3) is 0 Å². The van der Waals surface area contributed by atoms with E-state index in [9.17, 15) is 4.79 Å². The van der Waals surface area contributed by atoms with Crippen molar-refractivity contribution >= 4 is 5.91 Å². The molecule has 0 spiro atoms. The number of likely N-dealkylation sites (tertiary alicyclic amines) is 1. The molecule has 0 saturated carbocycles. The summed E-state index contributed by atoms with van der Waals surface area (Å²) in [6, 6.07) is 1.82. The van der Waals surface area contributed by atoms with Crippen LogP contribution in [0.3, 0.4) is 0 Å². The topological polar surface area (TPSA) is 33.5 Å². The highest BCUT2D eigenvalue weighted by atomic mass is 16.3. The molecule has 13 heavy (non-hydrogen) atoms. The maximum Gasteiger partial charge on any atom is 0.289 e. The summed E-state index contributed by atoms with van der Waals surface area (Å²) in [6.45, 7) is 3.64. The summed E-state index contributed by atoms with van der Waals surface area (Å²) >= 11 is 0. The molecule has 0 unspecified atom stereocenters. The predicted octanol–water partition coefficient (Wildman–Crippen LogP) is 1.82. The zero-order valence-corrected chi connectivity index (χ0v) is 7.75. The standard InChI is InChI=1S/C10H13NO2/c1-8-4-7-13-9(8)10(12)11-5-2-3-6-11/h4,7H,2-3,5-6H2,1H3. The largest absolute Gasteiger partial charge is 0.459 e. The van der Waals surface area contributed by atoms with E-state index >= 15 is 0 Å². The number of hydrogen-bond donors (Lipinski definition) is 0. The van der Waals surface area contributed by atoms with Crippen LogP contribution in [0.15, 0.2) is 16.7 Å². The Morgan fingerprint density at radius 3 is 2.69 bits per heavy atom. The number of aryl methyl sites for hydroxylation is 1. The third-order valence-electron chi connectivity index (χ3n) is 2.45. The molecule has 0 radical (unpaired) electrons. The fourth-order valence-electron chi connectivity index (χ4n) is 1.66. The van der Waals surface area contributed by atoms with Gasteiger partial charge in [-0.1, -0.05) is 0 Å². The molecule has 3 nitrogen and oxygen atoms in total. The minimum absolute atomic E-state index is 0.0417. The summed E-state index contributed by atoms with van der Waals surface area (Å²) in [5, 5.41) is 0. The molecular weight excluding hydrogens is 166 g/mol. The normalized spacial score (nSPS) is 16.5. The summed E-state index contributed by atoms with van der Waals surface area (Å²) in [5.41, 5.74) is 0.928.